The molecule has 1 amide bonds. The van der Waals surface area contributed by atoms with Crippen LogP contribution in [-0.4, -0.2) is 27.8 Å². The Labute approximate surface area is 135 Å². The normalized spacial score (nSPS) is 11.3. The molecule has 2 aromatic rings. The summed E-state index contributed by atoms with van der Waals surface area (Å²) >= 11 is 0. The summed E-state index contributed by atoms with van der Waals surface area (Å²) < 4.78 is 20.1. The maximum atomic E-state index is 12.9. The lowest BCUT2D eigenvalue weighted by molar-refractivity contribution is 0.0528. The van der Waals surface area contributed by atoms with Crippen molar-refractivity contribution >= 4 is 6.09 Å². The Balaban J connectivity index is 1.86. The molecular weight excluding hydrogens is 297 g/mol. The third kappa shape index (κ3) is 5.73. The van der Waals surface area contributed by atoms with Gasteiger partial charge in [-0.25, -0.2) is 14.2 Å². The van der Waals surface area contributed by atoms with Gasteiger partial charge in [0.2, 0.25) is 0 Å². The van der Waals surface area contributed by atoms with Crippen LogP contribution in [0.15, 0.2) is 36.8 Å². The first-order valence-corrected chi connectivity index (χ1v) is 7.54. The second-order valence-corrected chi connectivity index (χ2v) is 6.32. The summed E-state index contributed by atoms with van der Waals surface area (Å²) in [7, 11) is 0. The number of hydrogen-bond acceptors (Lipinski definition) is 3. The molecule has 1 heterocycles. The lowest BCUT2D eigenvalue weighted by Crippen LogP contribution is -2.33. The predicted molar refractivity (Wildman–Crippen MR) is 85.7 cm³/mol. The lowest BCUT2D eigenvalue weighted by Gasteiger charge is -2.19. The van der Waals surface area contributed by atoms with Crippen molar-refractivity contribution in [3.63, 3.8) is 0 Å². The van der Waals surface area contributed by atoms with Gasteiger partial charge in [0.25, 0.3) is 0 Å². The van der Waals surface area contributed by atoms with Gasteiger partial charge in [-0.05, 0) is 38.5 Å². The van der Waals surface area contributed by atoms with Gasteiger partial charge in [-0.15, -0.1) is 0 Å². The summed E-state index contributed by atoms with van der Waals surface area (Å²) in [5, 5.41) is 2.72. The van der Waals surface area contributed by atoms with Crippen molar-refractivity contribution in [3.05, 3.63) is 53.9 Å². The molecule has 1 aromatic heterocycles. The van der Waals surface area contributed by atoms with Crippen LogP contribution < -0.4 is 5.32 Å². The van der Waals surface area contributed by atoms with E-state index in [2.05, 4.69) is 10.3 Å². The molecule has 0 aliphatic carbocycles. The minimum atomic E-state index is -0.506. The molecule has 0 bridgehead atoms. The molecule has 124 valence electrons. The molecule has 0 saturated carbocycles. The number of halogens is 1. The van der Waals surface area contributed by atoms with Crippen LogP contribution in [-0.2, 0) is 17.7 Å². The molecule has 1 N–H and O–H groups in total. The number of ether oxygens (including phenoxy) is 1. The molecule has 2 rings (SSSR count). The number of nitrogens with zero attached hydrogens (tertiary/aromatic N) is 2. The first-order valence-electron chi connectivity index (χ1n) is 7.54. The Bertz CT molecular complexity index is 645. The minimum absolute atomic E-state index is 0.249. The number of hydrogen-bond donors (Lipinski definition) is 1. The molecule has 6 heteroatoms. The second-order valence-electron chi connectivity index (χ2n) is 6.32. The van der Waals surface area contributed by atoms with Crippen LogP contribution in [0.2, 0.25) is 0 Å². The molecule has 0 saturated heterocycles. The molecule has 0 unspecified atom stereocenters. The van der Waals surface area contributed by atoms with E-state index in [1.165, 1.54) is 12.1 Å². The summed E-state index contributed by atoms with van der Waals surface area (Å²) in [4.78, 5) is 15.7. The van der Waals surface area contributed by atoms with Crippen molar-refractivity contribution in [2.24, 2.45) is 0 Å². The van der Waals surface area contributed by atoms with Gasteiger partial charge in [0.15, 0.2) is 0 Å². The van der Waals surface area contributed by atoms with Gasteiger partial charge in [-0.1, -0.05) is 12.1 Å². The maximum absolute atomic E-state index is 12.9. The number of carbonyl (C=O) groups excluding carboxylic acids is 1. The molecule has 0 fully saturated rings. The Morgan fingerprint density at radius 1 is 1.30 bits per heavy atom. The fourth-order valence-corrected chi connectivity index (χ4v) is 2.09. The topological polar surface area (TPSA) is 56.1 Å². The molecule has 1 aromatic carbocycles. The van der Waals surface area contributed by atoms with Crippen molar-refractivity contribution in [2.45, 2.75) is 39.3 Å². The summed E-state index contributed by atoms with van der Waals surface area (Å²) in [6, 6.07) is 6.38. The SMILES string of the molecule is CC(C)(C)OC(=O)NCCc1cncn1Cc1ccc(F)cc1. The number of nitrogens with one attached hydrogen (secondary N) is 1. The summed E-state index contributed by atoms with van der Waals surface area (Å²) in [5.41, 5.74) is 1.48. The average Bonchev–Trinajstić information content (AvgIpc) is 2.87. The van der Waals surface area contributed by atoms with Crippen LogP contribution in [0.25, 0.3) is 0 Å². The monoisotopic (exact) mass is 319 g/mol. The number of rotatable bonds is 5. The van der Waals surface area contributed by atoms with Crippen LogP contribution in [0.4, 0.5) is 9.18 Å². The van der Waals surface area contributed by atoms with Crippen LogP contribution in [0, 0.1) is 5.82 Å². The Kier molecular flexibility index (Phi) is 5.36. The van der Waals surface area contributed by atoms with E-state index in [0.717, 1.165) is 11.3 Å². The number of alkyl carbamates (subject to hydrolysis) is 1. The summed E-state index contributed by atoms with van der Waals surface area (Å²) in [6.07, 6.45) is 3.70. The summed E-state index contributed by atoms with van der Waals surface area (Å²) in [6.45, 7) is 6.55. The first-order chi connectivity index (χ1) is 10.8. The Morgan fingerprint density at radius 3 is 2.65 bits per heavy atom. The fourth-order valence-electron chi connectivity index (χ4n) is 2.09. The van der Waals surface area contributed by atoms with E-state index in [0.29, 0.717) is 19.5 Å². The standard InChI is InChI=1S/C17H22FN3O2/c1-17(2,3)23-16(22)20-9-8-15-10-19-12-21(15)11-13-4-6-14(18)7-5-13/h4-7,10,12H,8-9,11H2,1-3H3,(H,20,22). The van der Waals surface area contributed by atoms with E-state index < -0.39 is 11.7 Å². The van der Waals surface area contributed by atoms with Gasteiger partial charge < -0.3 is 14.6 Å². The molecule has 5 nitrogen and oxygen atoms in total. The van der Waals surface area contributed by atoms with E-state index in [1.54, 1.807) is 24.7 Å². The highest BCUT2D eigenvalue weighted by atomic mass is 19.1. The highest BCUT2D eigenvalue weighted by molar-refractivity contribution is 5.67. The van der Waals surface area contributed by atoms with Crippen LogP contribution in [0.3, 0.4) is 0 Å². The molecule has 23 heavy (non-hydrogen) atoms. The molecule has 0 aliphatic heterocycles. The zero-order valence-electron chi connectivity index (χ0n) is 13.7. The van der Waals surface area contributed by atoms with Crippen LogP contribution in [0.5, 0.6) is 0 Å². The third-order valence-corrected chi connectivity index (χ3v) is 3.11. The Morgan fingerprint density at radius 2 is 2.00 bits per heavy atom. The zero-order chi connectivity index (χ0) is 16.9. The van der Waals surface area contributed by atoms with E-state index >= 15 is 0 Å². The quantitative estimate of drug-likeness (QED) is 0.921. The lowest BCUT2D eigenvalue weighted by atomic mass is 10.2. The molecule has 0 atom stereocenters. The average molecular weight is 319 g/mol. The predicted octanol–water partition coefficient (Wildman–Crippen LogP) is 3.14. The van der Waals surface area contributed by atoms with Crippen LogP contribution >= 0.6 is 0 Å². The van der Waals surface area contributed by atoms with Crippen molar-refractivity contribution in [1.82, 2.24) is 14.9 Å². The highest BCUT2D eigenvalue weighted by Crippen LogP contribution is 2.09. The van der Waals surface area contributed by atoms with E-state index in [1.807, 2.05) is 25.3 Å². The van der Waals surface area contributed by atoms with Gasteiger partial charge in [0.1, 0.15) is 11.4 Å². The van der Waals surface area contributed by atoms with E-state index in [4.69, 9.17) is 4.74 Å². The molecule has 0 radical (unpaired) electrons. The third-order valence-electron chi connectivity index (χ3n) is 3.11. The van der Waals surface area contributed by atoms with Crippen molar-refractivity contribution in [2.75, 3.05) is 6.54 Å². The number of aromatic nitrogens is 2. The highest BCUT2D eigenvalue weighted by Gasteiger charge is 2.15. The van der Waals surface area contributed by atoms with Gasteiger partial charge >= 0.3 is 6.09 Å². The number of benzene rings is 1. The molecule has 0 spiro atoms. The van der Waals surface area contributed by atoms with Gasteiger partial charge in [0.05, 0.1) is 6.33 Å². The second kappa shape index (κ2) is 7.26. The largest absolute Gasteiger partial charge is 0.444 e. The number of amides is 1. The van der Waals surface area contributed by atoms with Gasteiger partial charge in [-0.3, -0.25) is 0 Å². The van der Waals surface area contributed by atoms with Gasteiger partial charge in [-0.2, -0.15) is 0 Å². The van der Waals surface area contributed by atoms with Crippen molar-refractivity contribution in [1.29, 1.82) is 0 Å². The minimum Gasteiger partial charge on any atom is -0.444 e. The van der Waals surface area contributed by atoms with Crippen molar-refractivity contribution in [3.8, 4) is 0 Å². The number of carbonyl (C=O) groups is 1. The van der Waals surface area contributed by atoms with Crippen LogP contribution in [0.1, 0.15) is 32.0 Å². The molecular formula is C17H22FN3O2. The van der Waals surface area contributed by atoms with Gasteiger partial charge in [0, 0.05) is 31.4 Å². The molecule has 0 aliphatic rings. The van der Waals surface area contributed by atoms with E-state index in [-0.39, 0.29) is 5.82 Å². The maximum Gasteiger partial charge on any atom is 0.407 e. The van der Waals surface area contributed by atoms with Crippen molar-refractivity contribution < 1.29 is 13.9 Å². The Hall–Kier alpha value is -2.37. The number of imidazole rings is 1. The zero-order valence-corrected chi connectivity index (χ0v) is 13.7. The first kappa shape index (κ1) is 17.0. The van der Waals surface area contributed by atoms with E-state index in [9.17, 15) is 9.18 Å². The summed E-state index contributed by atoms with van der Waals surface area (Å²) in [5.74, 6) is -0.249. The fraction of sp³-hybridized carbons (Fsp3) is 0.412. The smallest absolute Gasteiger partial charge is 0.407 e.